The molecule has 1 aliphatic rings. The fourth-order valence-corrected chi connectivity index (χ4v) is 2.90. The Kier molecular flexibility index (Phi) is 4.23. The zero-order valence-corrected chi connectivity index (χ0v) is 13.3. The number of nitrogens with one attached hydrogen (secondary N) is 2. The highest BCUT2D eigenvalue weighted by molar-refractivity contribution is 6.34. The van der Waals surface area contributed by atoms with E-state index in [-0.39, 0.29) is 5.49 Å². The Balaban J connectivity index is 1.86. The lowest BCUT2D eigenvalue weighted by molar-refractivity contribution is 0.304. The van der Waals surface area contributed by atoms with Gasteiger partial charge in [-0.2, -0.15) is 0 Å². The summed E-state index contributed by atoms with van der Waals surface area (Å²) in [4.78, 5) is 0. The van der Waals surface area contributed by atoms with Gasteiger partial charge in [0.05, 0.1) is 6.34 Å². The second kappa shape index (κ2) is 6.15. The van der Waals surface area contributed by atoms with Gasteiger partial charge in [0.2, 0.25) is 0 Å². The number of rotatable bonds is 5. The average molecular weight is 336 g/mol. The van der Waals surface area contributed by atoms with Crippen LogP contribution in [0.5, 0.6) is 5.75 Å². The minimum atomic E-state index is 0.266. The quantitative estimate of drug-likeness (QED) is 0.624. The maximum Gasteiger partial charge on any atom is 0.130 e. The van der Waals surface area contributed by atoms with Crippen molar-refractivity contribution in [1.29, 1.82) is 10.8 Å². The van der Waals surface area contributed by atoms with Gasteiger partial charge in [0.15, 0.2) is 0 Å². The Morgan fingerprint density at radius 3 is 2.45 bits per heavy atom. The lowest BCUT2D eigenvalue weighted by atomic mass is 10.1. The van der Waals surface area contributed by atoms with Crippen LogP contribution in [0.25, 0.3) is 0 Å². The minimum absolute atomic E-state index is 0.266. The zero-order chi connectivity index (χ0) is 15.7. The van der Waals surface area contributed by atoms with Crippen LogP contribution in [0.15, 0.2) is 30.5 Å². The van der Waals surface area contributed by atoms with Crippen LogP contribution in [-0.4, -0.2) is 10.9 Å². The molecule has 0 spiro atoms. The van der Waals surface area contributed by atoms with Crippen LogP contribution >= 0.6 is 23.2 Å². The second-order valence-corrected chi connectivity index (χ2v) is 6.22. The van der Waals surface area contributed by atoms with E-state index in [4.69, 9.17) is 38.8 Å². The lowest BCUT2D eigenvalue weighted by Gasteiger charge is -2.13. The molecule has 4 nitrogen and oxygen atoms in total. The van der Waals surface area contributed by atoms with Crippen LogP contribution in [0.1, 0.15) is 29.9 Å². The summed E-state index contributed by atoms with van der Waals surface area (Å²) in [6.07, 6.45) is 5.29. The second-order valence-electron chi connectivity index (χ2n) is 5.34. The molecule has 6 heteroatoms. The molecule has 1 fully saturated rings. The van der Waals surface area contributed by atoms with Crippen LogP contribution in [0.2, 0.25) is 10.0 Å². The number of pyridine rings is 1. The van der Waals surface area contributed by atoms with E-state index in [1.54, 1.807) is 24.3 Å². The van der Waals surface area contributed by atoms with Crippen molar-refractivity contribution in [2.45, 2.75) is 25.4 Å². The van der Waals surface area contributed by atoms with E-state index in [1.807, 2.05) is 6.20 Å². The molecule has 0 atom stereocenters. The van der Waals surface area contributed by atoms with Gasteiger partial charge in [-0.15, -0.1) is 0 Å². The Morgan fingerprint density at radius 1 is 1.18 bits per heavy atom. The van der Waals surface area contributed by atoms with Crippen molar-refractivity contribution in [2.75, 3.05) is 0 Å². The fourth-order valence-electron chi connectivity index (χ4n) is 2.39. The van der Waals surface area contributed by atoms with Crippen LogP contribution < -0.4 is 10.2 Å². The maximum atomic E-state index is 7.93. The molecule has 0 bridgehead atoms. The van der Waals surface area contributed by atoms with Crippen LogP contribution in [0, 0.1) is 10.8 Å². The monoisotopic (exact) mass is 335 g/mol. The van der Waals surface area contributed by atoms with E-state index in [9.17, 15) is 0 Å². The lowest BCUT2D eigenvalue weighted by Crippen LogP contribution is -2.21. The van der Waals surface area contributed by atoms with Gasteiger partial charge in [0.25, 0.3) is 0 Å². The number of ether oxygens (including phenoxy) is 1. The summed E-state index contributed by atoms with van der Waals surface area (Å²) in [5, 5.41) is 16.3. The number of hydrogen-bond donors (Lipinski definition) is 2. The van der Waals surface area contributed by atoms with E-state index in [0.717, 1.165) is 30.3 Å². The average Bonchev–Trinajstić information content (AvgIpc) is 3.28. The number of halogens is 2. The van der Waals surface area contributed by atoms with Gasteiger partial charge in [-0.1, -0.05) is 23.2 Å². The standard InChI is InChI=1S/C16H15Cl2N3O/c17-12-4-13(18)6-14(5-12)22-8-11-3-16(20)21(9-19)7-15(11)10-1-2-10/h3-7,9-10,19-20H,1-2,8H2. The third-order valence-electron chi connectivity index (χ3n) is 3.62. The first kappa shape index (κ1) is 15.1. The third kappa shape index (κ3) is 3.34. The highest BCUT2D eigenvalue weighted by Gasteiger charge is 2.26. The number of benzene rings is 1. The number of aromatic nitrogens is 1. The molecule has 114 valence electrons. The molecule has 0 saturated heterocycles. The molecular weight excluding hydrogens is 321 g/mol. The first-order valence-corrected chi connectivity index (χ1v) is 7.71. The van der Waals surface area contributed by atoms with Crippen LogP contribution in [-0.2, 0) is 6.61 Å². The molecule has 22 heavy (non-hydrogen) atoms. The normalized spacial score (nSPS) is 13.9. The molecule has 3 rings (SSSR count). The fraction of sp³-hybridized carbons (Fsp3) is 0.250. The molecule has 0 amide bonds. The highest BCUT2D eigenvalue weighted by atomic mass is 35.5. The van der Waals surface area contributed by atoms with Gasteiger partial charge in [0, 0.05) is 16.2 Å². The van der Waals surface area contributed by atoms with Gasteiger partial charge in [0.1, 0.15) is 17.8 Å². The first-order valence-electron chi connectivity index (χ1n) is 6.96. The van der Waals surface area contributed by atoms with E-state index in [1.165, 1.54) is 4.57 Å². The van der Waals surface area contributed by atoms with Crippen molar-refractivity contribution in [3.8, 4) is 5.75 Å². The van der Waals surface area contributed by atoms with Gasteiger partial charge >= 0.3 is 0 Å². The summed E-state index contributed by atoms with van der Waals surface area (Å²) >= 11 is 11.9. The molecule has 0 aliphatic heterocycles. The summed E-state index contributed by atoms with van der Waals surface area (Å²) < 4.78 is 7.29. The summed E-state index contributed by atoms with van der Waals surface area (Å²) in [6, 6.07) is 6.84. The molecule has 0 radical (unpaired) electrons. The van der Waals surface area contributed by atoms with Crippen molar-refractivity contribution < 1.29 is 4.74 Å². The molecule has 0 unspecified atom stereocenters. The Morgan fingerprint density at radius 2 is 1.86 bits per heavy atom. The number of hydrogen-bond acceptors (Lipinski definition) is 3. The highest BCUT2D eigenvalue weighted by Crippen LogP contribution is 2.41. The van der Waals surface area contributed by atoms with Crippen molar-refractivity contribution in [2.24, 2.45) is 0 Å². The molecule has 1 aliphatic carbocycles. The zero-order valence-electron chi connectivity index (χ0n) is 11.8. The maximum absolute atomic E-state index is 7.93. The molecule has 1 saturated carbocycles. The van der Waals surface area contributed by atoms with E-state index >= 15 is 0 Å². The van der Waals surface area contributed by atoms with Crippen molar-refractivity contribution in [3.63, 3.8) is 0 Å². The minimum Gasteiger partial charge on any atom is -0.489 e. The van der Waals surface area contributed by atoms with Crippen molar-refractivity contribution in [3.05, 3.63) is 57.1 Å². The van der Waals surface area contributed by atoms with Gasteiger partial charge < -0.3 is 4.74 Å². The van der Waals surface area contributed by atoms with Crippen LogP contribution in [0.3, 0.4) is 0 Å². The van der Waals surface area contributed by atoms with E-state index in [2.05, 4.69) is 0 Å². The largest absolute Gasteiger partial charge is 0.489 e. The first-order chi connectivity index (χ1) is 10.6. The van der Waals surface area contributed by atoms with Gasteiger partial charge in [-0.25, -0.2) is 0 Å². The van der Waals surface area contributed by atoms with Crippen LogP contribution in [0.4, 0.5) is 0 Å². The molecule has 2 aromatic rings. The van der Waals surface area contributed by atoms with Gasteiger partial charge in [-0.3, -0.25) is 15.4 Å². The van der Waals surface area contributed by atoms with E-state index < -0.39 is 0 Å². The summed E-state index contributed by atoms with van der Waals surface area (Å²) in [6.45, 7) is 0.354. The Labute approximate surface area is 138 Å². The summed E-state index contributed by atoms with van der Waals surface area (Å²) in [5.41, 5.74) is 2.39. The predicted octanol–water partition coefficient (Wildman–Crippen LogP) is 4.19. The predicted molar refractivity (Wildman–Crippen MR) is 87.2 cm³/mol. The Hall–Kier alpha value is -1.78. The van der Waals surface area contributed by atoms with E-state index in [0.29, 0.717) is 28.3 Å². The molecule has 2 N–H and O–H groups in total. The van der Waals surface area contributed by atoms with Crippen molar-refractivity contribution in [1.82, 2.24) is 4.57 Å². The molecular formula is C16H15Cl2N3O. The van der Waals surface area contributed by atoms with Crippen molar-refractivity contribution >= 4 is 29.5 Å². The Bertz CT molecular complexity index is 761. The summed E-state index contributed by atoms with van der Waals surface area (Å²) in [7, 11) is 0. The SMILES string of the molecule is N=Cn1cc(C2CC2)c(COc2cc(Cl)cc(Cl)c2)cc1=N. The third-order valence-corrected chi connectivity index (χ3v) is 4.06. The summed E-state index contributed by atoms with van der Waals surface area (Å²) in [5.74, 6) is 1.11. The molecule has 1 aromatic carbocycles. The smallest absolute Gasteiger partial charge is 0.130 e. The topological polar surface area (TPSA) is 61.9 Å². The number of nitrogens with zero attached hydrogens (tertiary/aromatic N) is 1. The molecule has 1 aromatic heterocycles. The van der Waals surface area contributed by atoms with Gasteiger partial charge in [-0.05, 0) is 54.2 Å². The molecule has 1 heterocycles.